The predicted molar refractivity (Wildman–Crippen MR) is 115 cm³/mol. The van der Waals surface area contributed by atoms with Gasteiger partial charge in [0.25, 0.3) is 5.56 Å². The van der Waals surface area contributed by atoms with Gasteiger partial charge in [0, 0.05) is 36.7 Å². The summed E-state index contributed by atoms with van der Waals surface area (Å²) in [5.74, 6) is 0.758. The van der Waals surface area contributed by atoms with Gasteiger partial charge in [-0.15, -0.1) is 0 Å². The smallest absolute Gasteiger partial charge is 0.250 e. The second-order valence-corrected chi connectivity index (χ2v) is 7.07. The van der Waals surface area contributed by atoms with Crippen LogP contribution in [-0.4, -0.2) is 18.2 Å². The Labute approximate surface area is 166 Å². The van der Waals surface area contributed by atoms with Gasteiger partial charge in [0.15, 0.2) is 0 Å². The largest absolute Gasteiger partial charge is 0.496 e. The molecule has 0 aliphatic carbocycles. The Balaban J connectivity index is 0.000000167. The van der Waals surface area contributed by atoms with Crippen molar-refractivity contribution < 1.29 is 4.74 Å². The Bertz CT molecular complexity index is 961. The number of methoxy groups -OCH3 is 1. The van der Waals surface area contributed by atoms with Crippen molar-refractivity contribution >= 4 is 10.9 Å². The fourth-order valence-electron chi connectivity index (χ4n) is 3.61. The Morgan fingerprint density at radius 1 is 1.14 bits per heavy atom. The monoisotopic (exact) mass is 379 g/mol. The molecule has 148 valence electrons. The van der Waals surface area contributed by atoms with Gasteiger partial charge >= 0.3 is 0 Å². The molecule has 2 heterocycles. The van der Waals surface area contributed by atoms with E-state index >= 15 is 0 Å². The third-order valence-corrected chi connectivity index (χ3v) is 5.26. The molecule has 3 aromatic rings. The summed E-state index contributed by atoms with van der Waals surface area (Å²) in [5.41, 5.74) is 8.82. The van der Waals surface area contributed by atoms with Crippen molar-refractivity contribution in [3.05, 3.63) is 76.1 Å². The van der Waals surface area contributed by atoms with Gasteiger partial charge in [0.05, 0.1) is 12.6 Å². The first-order chi connectivity index (χ1) is 13.6. The van der Waals surface area contributed by atoms with E-state index in [9.17, 15) is 4.79 Å². The molecule has 0 unspecified atom stereocenters. The number of ether oxygens (including phenoxy) is 1. The highest BCUT2D eigenvalue weighted by atomic mass is 16.5. The first-order valence-electron chi connectivity index (χ1n) is 9.79. The number of hydrogen-bond acceptors (Lipinski definition) is 4. The Kier molecular flexibility index (Phi) is 6.85. The molecule has 1 atom stereocenters. The fourth-order valence-corrected chi connectivity index (χ4v) is 3.61. The lowest BCUT2D eigenvalue weighted by molar-refractivity contribution is 0.410. The van der Waals surface area contributed by atoms with E-state index in [1.165, 1.54) is 31.4 Å². The number of nitrogens with two attached hydrogens (primary N) is 1. The molecule has 0 radical (unpaired) electrons. The van der Waals surface area contributed by atoms with Crippen molar-refractivity contribution in [1.82, 2.24) is 9.88 Å². The Hall–Kier alpha value is -2.63. The number of aryl methyl sites for hydroxylation is 1. The summed E-state index contributed by atoms with van der Waals surface area (Å²) in [4.78, 5) is 11.5. The molecule has 1 aromatic heterocycles. The van der Waals surface area contributed by atoms with Gasteiger partial charge in [-0.3, -0.25) is 4.79 Å². The third kappa shape index (κ3) is 4.61. The Morgan fingerprint density at radius 2 is 1.93 bits per heavy atom. The lowest BCUT2D eigenvalue weighted by Gasteiger charge is -2.23. The molecule has 28 heavy (non-hydrogen) atoms. The number of pyridine rings is 1. The van der Waals surface area contributed by atoms with E-state index in [1.54, 1.807) is 30.9 Å². The highest BCUT2D eigenvalue weighted by Gasteiger charge is 2.13. The maximum Gasteiger partial charge on any atom is 0.250 e. The molecular formula is C23H29N3O2. The van der Waals surface area contributed by atoms with Crippen LogP contribution in [0.2, 0.25) is 0 Å². The van der Waals surface area contributed by atoms with E-state index in [0.717, 1.165) is 22.2 Å². The standard InChI is InChI=1S/C12H14N2O2.C11H15N/c1-14-10-5-9(7-13)11(16-2)6-8(10)3-4-12(14)15;1-2-6-10(7-3-1)11-8-4-5-9-12-11/h3-6H,7,13H2,1-2H3;1-3,6-7,11-12H,4-5,8-9H2/t;11-/m.1/s1. The van der Waals surface area contributed by atoms with Crippen molar-refractivity contribution in [2.24, 2.45) is 12.8 Å². The van der Waals surface area contributed by atoms with Gasteiger partial charge < -0.3 is 20.4 Å². The van der Waals surface area contributed by atoms with E-state index < -0.39 is 0 Å². The number of nitrogens with one attached hydrogen (secondary N) is 1. The van der Waals surface area contributed by atoms with Gasteiger partial charge in [-0.05, 0) is 43.1 Å². The van der Waals surface area contributed by atoms with Crippen LogP contribution in [0.1, 0.15) is 36.4 Å². The van der Waals surface area contributed by atoms with Gasteiger partial charge in [-0.2, -0.15) is 0 Å². The minimum atomic E-state index is -0.0272. The van der Waals surface area contributed by atoms with E-state index in [2.05, 4.69) is 35.6 Å². The molecule has 3 N–H and O–H groups in total. The van der Waals surface area contributed by atoms with Crippen LogP contribution in [0.15, 0.2) is 59.4 Å². The molecule has 1 aliphatic rings. The number of rotatable bonds is 3. The SMILES string of the molecule is COc1cc2ccc(=O)n(C)c2cc1CN.c1ccc([C@H]2CCCCN2)cc1. The number of hydrogen-bond donors (Lipinski definition) is 2. The number of piperidine rings is 1. The normalized spacial score (nSPS) is 16.3. The van der Waals surface area contributed by atoms with Crippen LogP contribution in [0.25, 0.3) is 10.9 Å². The second kappa shape index (κ2) is 9.53. The molecule has 0 spiro atoms. The van der Waals surface area contributed by atoms with Crippen molar-refractivity contribution in [1.29, 1.82) is 0 Å². The molecule has 2 aromatic carbocycles. The van der Waals surface area contributed by atoms with Crippen LogP contribution >= 0.6 is 0 Å². The maximum absolute atomic E-state index is 11.5. The molecule has 4 rings (SSSR count). The molecule has 1 saturated heterocycles. The van der Waals surface area contributed by atoms with E-state index in [1.807, 2.05) is 12.1 Å². The summed E-state index contributed by atoms with van der Waals surface area (Å²) in [6.45, 7) is 1.57. The second-order valence-electron chi connectivity index (χ2n) is 7.07. The van der Waals surface area contributed by atoms with Crippen LogP contribution in [0.4, 0.5) is 0 Å². The molecule has 1 fully saturated rings. The van der Waals surface area contributed by atoms with Crippen LogP contribution in [0, 0.1) is 0 Å². The van der Waals surface area contributed by atoms with Crippen molar-refractivity contribution in [3.8, 4) is 5.75 Å². The van der Waals surface area contributed by atoms with Crippen molar-refractivity contribution in [3.63, 3.8) is 0 Å². The zero-order valence-corrected chi connectivity index (χ0v) is 16.7. The van der Waals surface area contributed by atoms with Crippen LogP contribution in [-0.2, 0) is 13.6 Å². The highest BCUT2D eigenvalue weighted by molar-refractivity contribution is 5.81. The predicted octanol–water partition coefficient (Wildman–Crippen LogP) is 3.51. The minimum Gasteiger partial charge on any atom is -0.496 e. The summed E-state index contributed by atoms with van der Waals surface area (Å²) in [6, 6.07) is 18.5. The summed E-state index contributed by atoms with van der Waals surface area (Å²) in [6.07, 6.45) is 4.00. The summed E-state index contributed by atoms with van der Waals surface area (Å²) < 4.78 is 6.85. The molecule has 0 amide bonds. The Morgan fingerprint density at radius 3 is 2.57 bits per heavy atom. The molecule has 0 saturated carbocycles. The maximum atomic E-state index is 11.5. The van der Waals surface area contributed by atoms with Gasteiger partial charge in [0.2, 0.25) is 0 Å². The fraction of sp³-hybridized carbons (Fsp3) is 0.348. The lowest BCUT2D eigenvalue weighted by Crippen LogP contribution is -2.26. The quantitative estimate of drug-likeness (QED) is 0.731. The van der Waals surface area contributed by atoms with Crippen LogP contribution in [0.3, 0.4) is 0 Å². The molecule has 5 nitrogen and oxygen atoms in total. The third-order valence-electron chi connectivity index (χ3n) is 5.26. The zero-order valence-electron chi connectivity index (χ0n) is 16.7. The van der Waals surface area contributed by atoms with E-state index in [0.29, 0.717) is 12.6 Å². The molecule has 1 aliphatic heterocycles. The van der Waals surface area contributed by atoms with Crippen LogP contribution < -0.4 is 21.3 Å². The number of aromatic nitrogens is 1. The van der Waals surface area contributed by atoms with Gasteiger partial charge in [-0.25, -0.2) is 0 Å². The number of benzene rings is 2. The molecule has 0 bridgehead atoms. The van der Waals surface area contributed by atoms with E-state index in [4.69, 9.17) is 10.5 Å². The first kappa shape index (κ1) is 20.1. The summed E-state index contributed by atoms with van der Waals surface area (Å²) >= 11 is 0. The first-order valence-corrected chi connectivity index (χ1v) is 9.79. The average Bonchev–Trinajstić information content (AvgIpc) is 2.77. The number of nitrogens with zero attached hydrogens (tertiary/aromatic N) is 1. The van der Waals surface area contributed by atoms with Crippen LogP contribution in [0.5, 0.6) is 5.75 Å². The van der Waals surface area contributed by atoms with Crippen molar-refractivity contribution in [2.45, 2.75) is 31.8 Å². The average molecular weight is 380 g/mol. The van der Waals surface area contributed by atoms with Crippen molar-refractivity contribution in [2.75, 3.05) is 13.7 Å². The summed E-state index contributed by atoms with van der Waals surface area (Å²) in [5, 5.41) is 4.50. The highest BCUT2D eigenvalue weighted by Crippen LogP contribution is 2.24. The zero-order chi connectivity index (χ0) is 19.9. The van der Waals surface area contributed by atoms with Gasteiger partial charge in [0.1, 0.15) is 5.75 Å². The topological polar surface area (TPSA) is 69.3 Å². The number of fused-ring (bicyclic) bond motifs is 1. The lowest BCUT2D eigenvalue weighted by atomic mass is 9.98. The minimum absolute atomic E-state index is 0.0272. The van der Waals surface area contributed by atoms with E-state index in [-0.39, 0.29) is 5.56 Å². The summed E-state index contributed by atoms with van der Waals surface area (Å²) in [7, 11) is 3.36. The molecule has 5 heteroatoms. The van der Waals surface area contributed by atoms with Gasteiger partial charge in [-0.1, -0.05) is 36.8 Å². The molecular weight excluding hydrogens is 350 g/mol.